The first-order valence-electron chi connectivity index (χ1n) is 6.42. The van der Waals surface area contributed by atoms with Gasteiger partial charge in [-0.3, -0.25) is 0 Å². The van der Waals surface area contributed by atoms with Gasteiger partial charge in [0.15, 0.2) is 0 Å². The monoisotopic (exact) mass is 256 g/mol. The minimum Gasteiger partial charge on any atom is -0.396 e. The topological polar surface area (TPSA) is 20.2 Å². The average Bonchev–Trinajstić information content (AvgIpc) is 2.14. The summed E-state index contributed by atoms with van der Waals surface area (Å²) < 4.78 is 0. The fourth-order valence-corrected chi connectivity index (χ4v) is 5.56. The summed E-state index contributed by atoms with van der Waals surface area (Å²) in [7, 11) is -2.45. The van der Waals surface area contributed by atoms with Gasteiger partial charge in [-0.1, -0.05) is 52.0 Å². The maximum Gasteiger partial charge on any atom is 0.131 e. The van der Waals surface area contributed by atoms with E-state index in [1.165, 1.54) is 25.3 Å². The second-order valence-electron chi connectivity index (χ2n) is 6.27. The Morgan fingerprint density at radius 1 is 0.812 bits per heavy atom. The largest absolute Gasteiger partial charge is 0.396 e. The highest BCUT2D eigenvalue weighted by Crippen LogP contribution is 2.15. The van der Waals surface area contributed by atoms with Crippen molar-refractivity contribution in [2.75, 3.05) is 6.61 Å². The van der Waals surface area contributed by atoms with Crippen LogP contribution in [0.1, 0.15) is 25.7 Å². The summed E-state index contributed by atoms with van der Waals surface area (Å²) in [5.41, 5.74) is 7.12. The van der Waals surface area contributed by atoms with Crippen LogP contribution >= 0.6 is 0 Å². The van der Waals surface area contributed by atoms with Gasteiger partial charge in [0.25, 0.3) is 0 Å². The minimum absolute atomic E-state index is 0.344. The molecule has 0 radical (unpaired) electrons. The van der Waals surface area contributed by atoms with Crippen molar-refractivity contribution in [3.63, 3.8) is 0 Å². The fourth-order valence-electron chi connectivity index (χ4n) is 1.45. The highest BCUT2D eigenvalue weighted by atomic mass is 28.3. The Balaban J connectivity index is 3.90. The van der Waals surface area contributed by atoms with Gasteiger partial charge in [-0.05, 0) is 12.5 Å². The van der Waals surface area contributed by atoms with Crippen LogP contribution in [0.3, 0.4) is 0 Å². The van der Waals surface area contributed by atoms with Crippen molar-refractivity contribution in [3.05, 3.63) is 0 Å². The second-order valence-corrected chi connectivity index (χ2v) is 15.5. The maximum absolute atomic E-state index is 8.69. The molecule has 0 amide bonds. The lowest BCUT2D eigenvalue weighted by Crippen LogP contribution is -2.26. The fraction of sp³-hybridized carbons (Fsp3) is 0.846. The smallest absolute Gasteiger partial charge is 0.131 e. The summed E-state index contributed by atoms with van der Waals surface area (Å²) in [5.74, 6) is 0. The van der Waals surface area contributed by atoms with Gasteiger partial charge in [0.05, 0.1) is 0 Å². The molecule has 0 spiro atoms. The molecule has 0 heterocycles. The van der Waals surface area contributed by atoms with Crippen molar-refractivity contribution in [1.82, 2.24) is 0 Å². The molecule has 0 saturated carbocycles. The Bertz CT molecular complexity index is 243. The summed E-state index contributed by atoms with van der Waals surface area (Å²) in [6.07, 6.45) is 4.68. The second kappa shape index (κ2) is 7.31. The SMILES string of the molecule is C[Si](C)(C)C#C[Si](C)(C)CCCCCCO. The number of aliphatic hydroxyl groups is 1. The third kappa shape index (κ3) is 10.5. The molecule has 0 aliphatic heterocycles. The van der Waals surface area contributed by atoms with Gasteiger partial charge in [0.2, 0.25) is 0 Å². The van der Waals surface area contributed by atoms with Gasteiger partial charge in [0, 0.05) is 6.61 Å². The van der Waals surface area contributed by atoms with Crippen molar-refractivity contribution in [1.29, 1.82) is 0 Å². The Kier molecular flexibility index (Phi) is 7.29. The van der Waals surface area contributed by atoms with Crippen LogP contribution in [-0.2, 0) is 0 Å². The van der Waals surface area contributed by atoms with Crippen molar-refractivity contribution in [2.24, 2.45) is 0 Å². The van der Waals surface area contributed by atoms with Crippen LogP contribution in [-0.4, -0.2) is 27.9 Å². The standard InChI is InChI=1S/C13H28OSi2/c1-15(2,3)12-13-16(4,5)11-9-7-6-8-10-14/h14H,6-11H2,1-5H3. The summed E-state index contributed by atoms with van der Waals surface area (Å²) in [6, 6.07) is 1.32. The molecule has 1 N–H and O–H groups in total. The molecule has 0 fully saturated rings. The van der Waals surface area contributed by atoms with Gasteiger partial charge in [-0.15, -0.1) is 11.1 Å². The normalized spacial score (nSPS) is 12.1. The molecular weight excluding hydrogens is 228 g/mol. The lowest BCUT2D eigenvalue weighted by Gasteiger charge is -2.16. The minimum atomic E-state index is -1.26. The molecule has 0 aromatic rings. The molecule has 0 rings (SSSR count). The predicted molar refractivity (Wildman–Crippen MR) is 79.0 cm³/mol. The van der Waals surface area contributed by atoms with Gasteiger partial charge in [-0.25, -0.2) is 0 Å². The van der Waals surface area contributed by atoms with Gasteiger partial charge < -0.3 is 5.11 Å². The van der Waals surface area contributed by atoms with Crippen LogP contribution in [0.2, 0.25) is 38.8 Å². The first-order valence-corrected chi connectivity index (χ1v) is 13.1. The summed E-state index contributed by atoms with van der Waals surface area (Å²) >= 11 is 0. The highest BCUT2D eigenvalue weighted by molar-refractivity contribution is 6.89. The Morgan fingerprint density at radius 2 is 1.38 bits per heavy atom. The molecule has 0 atom stereocenters. The molecule has 0 unspecified atom stereocenters. The molecular formula is C13H28OSi2. The average molecular weight is 257 g/mol. The zero-order valence-corrected chi connectivity index (χ0v) is 13.7. The van der Waals surface area contributed by atoms with Crippen LogP contribution in [0.4, 0.5) is 0 Å². The molecule has 1 nitrogen and oxygen atoms in total. The zero-order valence-electron chi connectivity index (χ0n) is 11.7. The van der Waals surface area contributed by atoms with Crippen molar-refractivity contribution < 1.29 is 5.11 Å². The first kappa shape index (κ1) is 16.0. The number of hydrogen-bond acceptors (Lipinski definition) is 1. The van der Waals surface area contributed by atoms with E-state index in [4.69, 9.17) is 5.11 Å². The molecule has 3 heteroatoms. The van der Waals surface area contributed by atoms with E-state index in [1.807, 2.05) is 0 Å². The first-order chi connectivity index (χ1) is 7.27. The van der Waals surface area contributed by atoms with Crippen LogP contribution in [0, 0.1) is 11.1 Å². The number of rotatable bonds is 6. The molecule has 94 valence electrons. The number of unbranched alkanes of at least 4 members (excludes halogenated alkanes) is 3. The number of hydrogen-bond donors (Lipinski definition) is 1. The summed E-state index contributed by atoms with van der Waals surface area (Å²) in [6.45, 7) is 12.0. The van der Waals surface area contributed by atoms with Crippen LogP contribution < -0.4 is 0 Å². The predicted octanol–water partition coefficient (Wildman–Crippen LogP) is 3.67. The quantitative estimate of drug-likeness (QED) is 0.437. The molecule has 0 aromatic heterocycles. The van der Waals surface area contributed by atoms with Crippen LogP contribution in [0.15, 0.2) is 0 Å². The summed E-state index contributed by atoms with van der Waals surface area (Å²) in [5, 5.41) is 8.69. The van der Waals surface area contributed by atoms with Crippen molar-refractivity contribution in [2.45, 2.75) is 64.5 Å². The van der Waals surface area contributed by atoms with Gasteiger partial charge >= 0.3 is 0 Å². The Morgan fingerprint density at radius 3 is 1.88 bits per heavy atom. The van der Waals surface area contributed by atoms with E-state index in [0.717, 1.165) is 6.42 Å². The van der Waals surface area contributed by atoms with E-state index in [9.17, 15) is 0 Å². The summed E-state index contributed by atoms with van der Waals surface area (Å²) in [4.78, 5) is 0. The van der Waals surface area contributed by atoms with Gasteiger partial charge in [0.1, 0.15) is 16.1 Å². The van der Waals surface area contributed by atoms with E-state index in [1.54, 1.807) is 0 Å². The maximum atomic E-state index is 8.69. The molecule has 0 saturated heterocycles. The molecule has 0 aliphatic carbocycles. The van der Waals surface area contributed by atoms with E-state index in [-0.39, 0.29) is 0 Å². The van der Waals surface area contributed by atoms with Crippen LogP contribution in [0.5, 0.6) is 0 Å². The van der Waals surface area contributed by atoms with Gasteiger partial charge in [-0.2, -0.15) is 0 Å². The van der Waals surface area contributed by atoms with E-state index in [2.05, 4.69) is 43.8 Å². The molecule has 0 bridgehead atoms. The lowest BCUT2D eigenvalue weighted by atomic mass is 10.2. The lowest BCUT2D eigenvalue weighted by molar-refractivity contribution is 0.283. The number of aliphatic hydroxyl groups excluding tert-OH is 1. The molecule has 0 aliphatic rings. The Labute approximate surface area is 104 Å². The molecule has 16 heavy (non-hydrogen) atoms. The third-order valence-corrected chi connectivity index (χ3v) is 6.02. The Hall–Kier alpha value is -0.0462. The molecule has 0 aromatic carbocycles. The highest BCUT2D eigenvalue weighted by Gasteiger charge is 2.18. The van der Waals surface area contributed by atoms with Crippen LogP contribution in [0.25, 0.3) is 0 Å². The zero-order chi connectivity index (χ0) is 12.7. The van der Waals surface area contributed by atoms with Crippen molar-refractivity contribution >= 4 is 16.1 Å². The van der Waals surface area contributed by atoms with Crippen molar-refractivity contribution in [3.8, 4) is 11.1 Å². The van der Waals surface area contributed by atoms with E-state index < -0.39 is 16.1 Å². The van der Waals surface area contributed by atoms with E-state index in [0.29, 0.717) is 6.61 Å². The third-order valence-electron chi connectivity index (χ3n) is 2.49. The van der Waals surface area contributed by atoms with E-state index >= 15 is 0 Å².